The second kappa shape index (κ2) is 5.87. The summed E-state index contributed by atoms with van der Waals surface area (Å²) in [6.45, 7) is -0.534. The lowest BCUT2D eigenvalue weighted by atomic mass is 10.1. The topological polar surface area (TPSA) is 129 Å². The van der Waals surface area contributed by atoms with Crippen LogP contribution in [0.25, 0.3) is 11.1 Å². The Morgan fingerprint density at radius 2 is 1.90 bits per heavy atom. The molecule has 0 aliphatic rings. The van der Waals surface area contributed by atoms with E-state index in [1.165, 1.54) is 24.3 Å². The molecule has 0 spiro atoms. The number of aromatic nitrogens is 2. The lowest BCUT2D eigenvalue weighted by molar-refractivity contribution is -0.139. The summed E-state index contributed by atoms with van der Waals surface area (Å²) in [6.07, 6.45) is 0. The fourth-order valence-electron chi connectivity index (χ4n) is 1.66. The molecule has 1 heterocycles. The van der Waals surface area contributed by atoms with Gasteiger partial charge in [-0.3, -0.25) is 19.6 Å². The Hall–Kier alpha value is -3.16. The minimum Gasteiger partial charge on any atom is -0.482 e. The highest BCUT2D eigenvalue weighted by Gasteiger charge is 2.06. The molecular formula is C13H10N2O6. The molecule has 0 fully saturated rings. The molecule has 0 bridgehead atoms. The molecule has 21 heavy (non-hydrogen) atoms. The molecule has 1 aromatic heterocycles. The summed E-state index contributed by atoms with van der Waals surface area (Å²) >= 11 is 0. The van der Waals surface area contributed by atoms with Gasteiger partial charge in [0.15, 0.2) is 6.61 Å². The van der Waals surface area contributed by atoms with Crippen LogP contribution in [0, 0.1) is 0 Å². The van der Waals surface area contributed by atoms with Gasteiger partial charge in [-0.05, 0) is 17.7 Å². The first-order valence-electron chi connectivity index (χ1n) is 5.79. The van der Waals surface area contributed by atoms with Crippen LogP contribution < -0.4 is 21.5 Å². The van der Waals surface area contributed by atoms with Crippen molar-refractivity contribution < 1.29 is 14.6 Å². The molecule has 0 saturated carbocycles. The van der Waals surface area contributed by atoms with Crippen molar-refractivity contribution in [2.45, 2.75) is 0 Å². The number of carboxylic acids is 1. The van der Waals surface area contributed by atoms with E-state index >= 15 is 0 Å². The van der Waals surface area contributed by atoms with Crippen molar-refractivity contribution in [3.63, 3.8) is 0 Å². The molecule has 0 amide bonds. The first-order chi connectivity index (χ1) is 9.95. The van der Waals surface area contributed by atoms with Crippen LogP contribution in [-0.4, -0.2) is 27.7 Å². The minimum atomic E-state index is -1.14. The van der Waals surface area contributed by atoms with E-state index in [0.29, 0.717) is 5.56 Å². The highest BCUT2D eigenvalue weighted by atomic mass is 16.5. The number of benzene rings is 1. The van der Waals surface area contributed by atoms with Gasteiger partial charge in [0, 0.05) is 6.07 Å². The van der Waals surface area contributed by atoms with Crippen LogP contribution in [0.5, 0.6) is 5.75 Å². The number of rotatable bonds is 4. The van der Waals surface area contributed by atoms with Crippen LogP contribution in [0.15, 0.2) is 44.7 Å². The van der Waals surface area contributed by atoms with Crippen molar-refractivity contribution in [2.24, 2.45) is 0 Å². The fourth-order valence-corrected chi connectivity index (χ4v) is 1.66. The van der Waals surface area contributed by atoms with Crippen molar-refractivity contribution in [1.82, 2.24) is 9.97 Å². The summed E-state index contributed by atoms with van der Waals surface area (Å²) in [5.74, 6) is -0.920. The second-order valence-electron chi connectivity index (χ2n) is 4.04. The van der Waals surface area contributed by atoms with Crippen molar-refractivity contribution in [3.8, 4) is 16.9 Å². The number of aliphatic carboxylic acids is 1. The predicted octanol–water partition coefficient (Wildman–Crippen LogP) is -0.446. The zero-order valence-electron chi connectivity index (χ0n) is 10.6. The van der Waals surface area contributed by atoms with E-state index in [2.05, 4.69) is 0 Å². The molecule has 108 valence electrons. The number of hydrogen-bond acceptors (Lipinski definition) is 5. The highest BCUT2D eigenvalue weighted by Crippen LogP contribution is 2.20. The summed E-state index contributed by atoms with van der Waals surface area (Å²) < 4.78 is 4.99. The number of nitrogens with one attached hydrogen (secondary N) is 2. The van der Waals surface area contributed by atoms with E-state index in [-0.39, 0.29) is 11.3 Å². The number of carboxylic acid groups (broad SMARTS) is 1. The quantitative estimate of drug-likeness (QED) is 0.699. The second-order valence-corrected chi connectivity index (χ2v) is 4.04. The molecule has 1 aromatic carbocycles. The van der Waals surface area contributed by atoms with E-state index in [9.17, 15) is 19.2 Å². The summed E-state index contributed by atoms with van der Waals surface area (Å²) in [5.41, 5.74) is -2.09. The molecule has 2 aromatic rings. The normalized spacial score (nSPS) is 10.1. The summed E-state index contributed by atoms with van der Waals surface area (Å²) in [6, 6.07) is 6.95. The van der Waals surface area contributed by atoms with E-state index < -0.39 is 29.4 Å². The largest absolute Gasteiger partial charge is 0.482 e. The Morgan fingerprint density at radius 3 is 2.62 bits per heavy atom. The zero-order chi connectivity index (χ0) is 15.4. The Labute approximate surface area is 116 Å². The summed E-state index contributed by atoms with van der Waals surface area (Å²) in [5, 5.41) is 8.55. The zero-order valence-corrected chi connectivity index (χ0v) is 10.6. The molecule has 8 nitrogen and oxygen atoms in total. The maximum atomic E-state index is 11.8. The Kier molecular flexibility index (Phi) is 3.98. The SMILES string of the molecule is O=C(O)COc1cccc(-c2cc(=O)[nH]c(=O)[nH]c2=O)c1. The number of aromatic amines is 2. The lowest BCUT2D eigenvalue weighted by Gasteiger charge is -2.04. The van der Waals surface area contributed by atoms with Gasteiger partial charge in [-0.15, -0.1) is 0 Å². The van der Waals surface area contributed by atoms with Gasteiger partial charge in [-0.2, -0.15) is 0 Å². The van der Waals surface area contributed by atoms with Crippen molar-refractivity contribution in [3.05, 3.63) is 61.5 Å². The van der Waals surface area contributed by atoms with Gasteiger partial charge < -0.3 is 9.84 Å². The standard InChI is InChI=1S/C13H10N2O6/c16-10-5-9(12(19)15-13(20)14-10)7-2-1-3-8(4-7)21-6-11(17)18/h1-5H,6H2,(H,17,18)(H2,14,15,16,19,20). The maximum Gasteiger partial charge on any atom is 0.341 e. The molecule has 0 saturated heterocycles. The molecule has 8 heteroatoms. The van der Waals surface area contributed by atoms with Crippen LogP contribution >= 0.6 is 0 Å². The molecule has 0 radical (unpaired) electrons. The number of carbonyl (C=O) groups is 1. The van der Waals surface area contributed by atoms with Gasteiger partial charge in [0.05, 0.1) is 5.56 Å². The molecule has 0 atom stereocenters. The van der Waals surface area contributed by atoms with Crippen LogP contribution in [0.2, 0.25) is 0 Å². The predicted molar refractivity (Wildman–Crippen MR) is 72.5 cm³/mol. The summed E-state index contributed by atoms with van der Waals surface area (Å²) in [7, 11) is 0. The third-order valence-corrected chi connectivity index (χ3v) is 2.49. The minimum absolute atomic E-state index is 0.0286. The molecule has 0 unspecified atom stereocenters. The number of ether oxygens (including phenoxy) is 1. The Balaban J connectivity index is 2.51. The van der Waals surface area contributed by atoms with Crippen LogP contribution in [-0.2, 0) is 4.79 Å². The van der Waals surface area contributed by atoms with Crippen LogP contribution in [0.3, 0.4) is 0 Å². The first kappa shape index (κ1) is 14.3. The molecule has 0 aliphatic carbocycles. The molecular weight excluding hydrogens is 280 g/mol. The van der Waals surface area contributed by atoms with Crippen molar-refractivity contribution in [1.29, 1.82) is 0 Å². The van der Waals surface area contributed by atoms with Crippen LogP contribution in [0.4, 0.5) is 0 Å². The summed E-state index contributed by atoms with van der Waals surface area (Å²) in [4.78, 5) is 48.7. The van der Waals surface area contributed by atoms with E-state index in [0.717, 1.165) is 6.07 Å². The fraction of sp³-hybridized carbons (Fsp3) is 0.0769. The van der Waals surface area contributed by atoms with Gasteiger partial charge in [0.25, 0.3) is 11.1 Å². The van der Waals surface area contributed by atoms with Crippen LogP contribution in [0.1, 0.15) is 0 Å². The average Bonchev–Trinajstić information content (AvgIpc) is 2.54. The molecule has 3 N–H and O–H groups in total. The third kappa shape index (κ3) is 3.66. The Bertz CT molecular complexity index is 852. The smallest absolute Gasteiger partial charge is 0.341 e. The average molecular weight is 290 g/mol. The van der Waals surface area contributed by atoms with Gasteiger partial charge in [0.2, 0.25) is 0 Å². The maximum absolute atomic E-state index is 11.8. The number of H-pyrrole nitrogens is 2. The van der Waals surface area contributed by atoms with Gasteiger partial charge in [-0.25, -0.2) is 9.59 Å². The number of hydrogen-bond donors (Lipinski definition) is 3. The van der Waals surface area contributed by atoms with E-state index in [1.807, 2.05) is 9.97 Å². The van der Waals surface area contributed by atoms with E-state index in [4.69, 9.17) is 9.84 Å². The lowest BCUT2D eigenvalue weighted by Crippen LogP contribution is -2.19. The van der Waals surface area contributed by atoms with Gasteiger partial charge in [0.1, 0.15) is 5.75 Å². The Morgan fingerprint density at radius 1 is 1.14 bits per heavy atom. The monoisotopic (exact) mass is 290 g/mol. The third-order valence-electron chi connectivity index (χ3n) is 2.49. The van der Waals surface area contributed by atoms with Gasteiger partial charge >= 0.3 is 11.7 Å². The first-order valence-corrected chi connectivity index (χ1v) is 5.79. The van der Waals surface area contributed by atoms with Gasteiger partial charge in [-0.1, -0.05) is 12.1 Å². The van der Waals surface area contributed by atoms with E-state index in [1.54, 1.807) is 0 Å². The molecule has 0 aliphatic heterocycles. The molecule has 2 rings (SSSR count). The van der Waals surface area contributed by atoms with Crippen molar-refractivity contribution >= 4 is 5.97 Å². The highest BCUT2D eigenvalue weighted by molar-refractivity contribution is 5.69. The van der Waals surface area contributed by atoms with Crippen molar-refractivity contribution in [2.75, 3.05) is 6.61 Å².